The summed E-state index contributed by atoms with van der Waals surface area (Å²) in [4.78, 5) is 20.3. The average molecular weight is 381 g/mol. The van der Waals surface area contributed by atoms with Gasteiger partial charge in [0.2, 0.25) is 0 Å². The Hall–Kier alpha value is -2.49. The van der Waals surface area contributed by atoms with Crippen molar-refractivity contribution in [2.24, 2.45) is 0 Å². The standard InChI is InChI=1S/C24H32N2O2/c1-3-5-7-8-9-11-12-20-14-16-21(17-15-20)24-25-18-22(19-26-24)28-23(27)13-10-6-4-2/h10,13-19H,3-9,11-12H2,1-2H3/b13-10+. The van der Waals surface area contributed by atoms with E-state index in [-0.39, 0.29) is 0 Å². The molecule has 0 atom stereocenters. The maximum absolute atomic E-state index is 11.7. The number of hydrogen-bond acceptors (Lipinski definition) is 4. The number of hydrogen-bond donors (Lipinski definition) is 0. The lowest BCUT2D eigenvalue weighted by Crippen LogP contribution is -2.04. The predicted octanol–water partition coefficient (Wildman–Crippen LogP) is 6.31. The van der Waals surface area contributed by atoms with Crippen molar-refractivity contribution in [3.8, 4) is 17.1 Å². The van der Waals surface area contributed by atoms with Crippen LogP contribution in [0.25, 0.3) is 11.4 Å². The molecule has 28 heavy (non-hydrogen) atoms. The molecule has 0 N–H and O–H groups in total. The van der Waals surface area contributed by atoms with Gasteiger partial charge in [-0.05, 0) is 24.8 Å². The lowest BCUT2D eigenvalue weighted by Gasteiger charge is -2.05. The monoisotopic (exact) mass is 380 g/mol. The van der Waals surface area contributed by atoms with Crippen molar-refractivity contribution in [3.05, 3.63) is 54.4 Å². The number of carbonyl (C=O) groups is 1. The summed E-state index contributed by atoms with van der Waals surface area (Å²) in [5.41, 5.74) is 2.32. The van der Waals surface area contributed by atoms with Crippen molar-refractivity contribution in [1.29, 1.82) is 0 Å². The van der Waals surface area contributed by atoms with Crippen LogP contribution in [0.5, 0.6) is 5.75 Å². The van der Waals surface area contributed by atoms with E-state index in [1.54, 1.807) is 0 Å². The van der Waals surface area contributed by atoms with Crippen molar-refractivity contribution in [2.45, 2.75) is 71.6 Å². The van der Waals surface area contributed by atoms with Crippen molar-refractivity contribution >= 4 is 5.97 Å². The Morgan fingerprint density at radius 3 is 2.29 bits per heavy atom. The van der Waals surface area contributed by atoms with Crippen molar-refractivity contribution in [2.75, 3.05) is 0 Å². The lowest BCUT2D eigenvalue weighted by atomic mass is 10.0. The van der Waals surface area contributed by atoms with Crippen LogP contribution in [-0.4, -0.2) is 15.9 Å². The molecule has 0 saturated heterocycles. The molecule has 0 radical (unpaired) electrons. The van der Waals surface area contributed by atoms with Crippen LogP contribution in [0.4, 0.5) is 0 Å². The Kier molecular flexibility index (Phi) is 9.98. The van der Waals surface area contributed by atoms with Crippen molar-refractivity contribution in [1.82, 2.24) is 9.97 Å². The van der Waals surface area contributed by atoms with Gasteiger partial charge in [0.05, 0.1) is 12.4 Å². The van der Waals surface area contributed by atoms with Gasteiger partial charge in [-0.3, -0.25) is 0 Å². The minimum absolute atomic E-state index is 0.356. The third-order valence-corrected chi connectivity index (χ3v) is 4.59. The van der Waals surface area contributed by atoms with Crippen LogP contribution in [0.1, 0.15) is 70.8 Å². The van der Waals surface area contributed by atoms with Crippen molar-refractivity contribution < 1.29 is 9.53 Å². The Balaban J connectivity index is 1.82. The molecular weight excluding hydrogens is 348 g/mol. The molecule has 0 unspecified atom stereocenters. The van der Waals surface area contributed by atoms with Crippen LogP contribution in [-0.2, 0) is 11.2 Å². The molecule has 4 nitrogen and oxygen atoms in total. The van der Waals surface area contributed by atoms with E-state index in [9.17, 15) is 4.79 Å². The molecule has 150 valence electrons. The maximum atomic E-state index is 11.7. The summed E-state index contributed by atoms with van der Waals surface area (Å²) in [6.07, 6.45) is 17.2. The van der Waals surface area contributed by atoms with E-state index in [1.165, 1.54) is 62.6 Å². The van der Waals surface area contributed by atoms with E-state index in [1.807, 2.05) is 6.08 Å². The van der Waals surface area contributed by atoms with Crippen LogP contribution in [0, 0.1) is 0 Å². The first kappa shape index (κ1) is 21.8. The number of esters is 1. The largest absolute Gasteiger partial charge is 0.420 e. The normalized spacial score (nSPS) is 11.1. The van der Waals surface area contributed by atoms with E-state index in [4.69, 9.17) is 4.74 Å². The third kappa shape index (κ3) is 8.03. The highest BCUT2D eigenvalue weighted by Crippen LogP contribution is 2.18. The first-order valence-corrected chi connectivity index (χ1v) is 10.5. The first-order chi connectivity index (χ1) is 13.7. The number of nitrogens with zero attached hydrogens (tertiary/aromatic N) is 2. The smallest absolute Gasteiger partial charge is 0.335 e. The SMILES string of the molecule is CCC/C=C/C(=O)Oc1cnc(-c2ccc(CCCCCCCC)cc2)nc1. The summed E-state index contributed by atoms with van der Waals surface area (Å²) >= 11 is 0. The molecule has 0 aliphatic rings. The molecule has 1 aromatic carbocycles. The number of ether oxygens (including phenoxy) is 1. The Bertz CT molecular complexity index is 721. The zero-order chi connectivity index (χ0) is 20.0. The summed E-state index contributed by atoms with van der Waals surface area (Å²) in [7, 11) is 0. The topological polar surface area (TPSA) is 52.1 Å². The fourth-order valence-electron chi connectivity index (χ4n) is 2.94. The van der Waals surface area contributed by atoms with E-state index in [0.717, 1.165) is 24.8 Å². The number of benzene rings is 1. The van der Waals surface area contributed by atoms with E-state index in [2.05, 4.69) is 48.1 Å². The Morgan fingerprint density at radius 1 is 0.929 bits per heavy atom. The van der Waals surface area contributed by atoms with E-state index >= 15 is 0 Å². The second-order valence-corrected chi connectivity index (χ2v) is 7.07. The molecule has 0 aliphatic carbocycles. The van der Waals surface area contributed by atoms with Gasteiger partial charge in [-0.2, -0.15) is 0 Å². The molecule has 4 heteroatoms. The average Bonchev–Trinajstić information content (AvgIpc) is 2.72. The number of aromatic nitrogens is 2. The highest BCUT2D eigenvalue weighted by Gasteiger charge is 2.05. The van der Waals surface area contributed by atoms with Gasteiger partial charge in [0.15, 0.2) is 11.6 Å². The summed E-state index contributed by atoms with van der Waals surface area (Å²) in [6, 6.07) is 8.41. The summed E-state index contributed by atoms with van der Waals surface area (Å²) in [5.74, 6) is 0.589. The molecule has 2 aromatic rings. The molecule has 0 fully saturated rings. The first-order valence-electron chi connectivity index (χ1n) is 10.5. The zero-order valence-electron chi connectivity index (χ0n) is 17.2. The highest BCUT2D eigenvalue weighted by atomic mass is 16.5. The molecule has 1 aromatic heterocycles. The molecule has 0 bridgehead atoms. The number of allylic oxidation sites excluding steroid dienone is 1. The molecule has 2 rings (SSSR count). The van der Waals surface area contributed by atoms with E-state index < -0.39 is 5.97 Å². The number of rotatable bonds is 12. The molecule has 1 heterocycles. The quantitative estimate of drug-likeness (QED) is 0.246. The molecule has 0 spiro atoms. The maximum Gasteiger partial charge on any atom is 0.335 e. The number of carbonyl (C=O) groups excluding carboxylic acids is 1. The van der Waals surface area contributed by atoms with Gasteiger partial charge in [-0.15, -0.1) is 0 Å². The molecule has 0 saturated carbocycles. The minimum atomic E-state index is -0.399. The van der Waals surface area contributed by atoms with Crippen LogP contribution < -0.4 is 4.74 Å². The van der Waals surface area contributed by atoms with Gasteiger partial charge in [-0.25, -0.2) is 14.8 Å². The van der Waals surface area contributed by atoms with Gasteiger partial charge in [0.25, 0.3) is 0 Å². The van der Waals surface area contributed by atoms with Crippen LogP contribution in [0.15, 0.2) is 48.8 Å². The molecule has 0 amide bonds. The van der Waals surface area contributed by atoms with Crippen LogP contribution >= 0.6 is 0 Å². The fourth-order valence-corrected chi connectivity index (χ4v) is 2.94. The predicted molar refractivity (Wildman–Crippen MR) is 114 cm³/mol. The Labute approximate surface area is 169 Å². The highest BCUT2D eigenvalue weighted by molar-refractivity contribution is 5.83. The lowest BCUT2D eigenvalue weighted by molar-refractivity contribution is -0.129. The summed E-state index contributed by atoms with van der Waals surface area (Å²) in [5, 5.41) is 0. The molecular formula is C24H32N2O2. The summed E-state index contributed by atoms with van der Waals surface area (Å²) < 4.78 is 5.20. The van der Waals surface area contributed by atoms with Crippen LogP contribution in [0.2, 0.25) is 0 Å². The summed E-state index contributed by atoms with van der Waals surface area (Å²) in [6.45, 7) is 4.31. The van der Waals surface area contributed by atoms with Gasteiger partial charge in [-0.1, -0.05) is 82.7 Å². The van der Waals surface area contributed by atoms with Crippen LogP contribution in [0.3, 0.4) is 0 Å². The van der Waals surface area contributed by atoms with Crippen molar-refractivity contribution in [3.63, 3.8) is 0 Å². The number of unbranched alkanes of at least 4 members (excludes halogenated alkanes) is 6. The zero-order valence-corrected chi connectivity index (χ0v) is 17.2. The van der Waals surface area contributed by atoms with E-state index in [0.29, 0.717) is 11.6 Å². The van der Waals surface area contributed by atoms with Gasteiger partial charge < -0.3 is 4.74 Å². The van der Waals surface area contributed by atoms with Gasteiger partial charge in [0.1, 0.15) is 0 Å². The second-order valence-electron chi connectivity index (χ2n) is 7.07. The molecule has 0 aliphatic heterocycles. The second kappa shape index (κ2) is 12.8. The fraction of sp³-hybridized carbons (Fsp3) is 0.458. The third-order valence-electron chi connectivity index (χ3n) is 4.59. The Morgan fingerprint density at radius 2 is 1.61 bits per heavy atom. The minimum Gasteiger partial charge on any atom is -0.420 e. The number of aryl methyl sites for hydroxylation is 1. The van der Waals surface area contributed by atoms with Gasteiger partial charge >= 0.3 is 5.97 Å². The van der Waals surface area contributed by atoms with Gasteiger partial charge in [0, 0.05) is 11.6 Å².